The standard InChI is InChI=1S/C14H22N2O2/c1-3-12-6-13(8-15-9-17)4-5-14(7-12)11(2)16-10-18/h11-14H,3-8H2,1-2H3. The zero-order valence-electron chi connectivity index (χ0n) is 11.3. The van der Waals surface area contributed by atoms with Crippen molar-refractivity contribution < 1.29 is 9.59 Å². The highest BCUT2D eigenvalue weighted by atomic mass is 16.1. The second kappa shape index (κ2) is 7.97. The Balaban J connectivity index is 2.65. The zero-order valence-corrected chi connectivity index (χ0v) is 11.3. The lowest BCUT2D eigenvalue weighted by atomic mass is 9.87. The van der Waals surface area contributed by atoms with E-state index in [1.165, 1.54) is 0 Å². The van der Waals surface area contributed by atoms with Crippen molar-refractivity contribution in [3.63, 3.8) is 0 Å². The van der Waals surface area contributed by atoms with Crippen LogP contribution in [0.2, 0.25) is 0 Å². The van der Waals surface area contributed by atoms with Gasteiger partial charge in [0.05, 0.1) is 12.6 Å². The smallest absolute Gasteiger partial charge is 0.211 e. The monoisotopic (exact) mass is 250 g/mol. The Morgan fingerprint density at radius 1 is 1.17 bits per heavy atom. The van der Waals surface area contributed by atoms with Gasteiger partial charge in [-0.05, 0) is 50.4 Å². The molecule has 1 rings (SSSR count). The second-order valence-electron chi connectivity index (χ2n) is 5.34. The van der Waals surface area contributed by atoms with Gasteiger partial charge in [0, 0.05) is 0 Å². The minimum atomic E-state index is 0.0601. The molecule has 18 heavy (non-hydrogen) atoms. The van der Waals surface area contributed by atoms with Crippen molar-refractivity contribution in [1.82, 2.24) is 0 Å². The summed E-state index contributed by atoms with van der Waals surface area (Å²) in [6.07, 6.45) is 8.78. The molecule has 0 aromatic carbocycles. The predicted octanol–water partition coefficient (Wildman–Crippen LogP) is 2.88. The maximum Gasteiger partial charge on any atom is 0.235 e. The molecule has 4 nitrogen and oxygen atoms in total. The summed E-state index contributed by atoms with van der Waals surface area (Å²) in [4.78, 5) is 28.1. The van der Waals surface area contributed by atoms with Crippen LogP contribution in [0.4, 0.5) is 0 Å². The average Bonchev–Trinajstić information content (AvgIpc) is 2.59. The van der Waals surface area contributed by atoms with Crippen molar-refractivity contribution >= 4 is 12.2 Å². The lowest BCUT2D eigenvalue weighted by molar-refractivity contribution is 0.324. The van der Waals surface area contributed by atoms with Gasteiger partial charge in [-0.1, -0.05) is 13.3 Å². The first-order chi connectivity index (χ1) is 8.71. The van der Waals surface area contributed by atoms with Crippen LogP contribution in [0.3, 0.4) is 0 Å². The summed E-state index contributed by atoms with van der Waals surface area (Å²) in [6.45, 7) is 4.78. The highest BCUT2D eigenvalue weighted by Crippen LogP contribution is 2.35. The van der Waals surface area contributed by atoms with Gasteiger partial charge in [0.15, 0.2) is 0 Å². The van der Waals surface area contributed by atoms with Gasteiger partial charge in [0.2, 0.25) is 12.2 Å². The lowest BCUT2D eigenvalue weighted by Gasteiger charge is -2.21. The summed E-state index contributed by atoms with van der Waals surface area (Å²) in [5.41, 5.74) is 0. The van der Waals surface area contributed by atoms with Gasteiger partial charge in [-0.15, -0.1) is 0 Å². The molecule has 4 heteroatoms. The van der Waals surface area contributed by atoms with Crippen LogP contribution in [-0.2, 0) is 9.59 Å². The van der Waals surface area contributed by atoms with Crippen molar-refractivity contribution in [3.8, 4) is 0 Å². The van der Waals surface area contributed by atoms with Gasteiger partial charge in [0.1, 0.15) is 0 Å². The van der Waals surface area contributed by atoms with Crippen molar-refractivity contribution in [2.45, 2.75) is 52.0 Å². The number of hydrogen-bond acceptors (Lipinski definition) is 4. The van der Waals surface area contributed by atoms with Crippen molar-refractivity contribution in [2.24, 2.45) is 27.7 Å². The third kappa shape index (κ3) is 4.56. The minimum Gasteiger partial charge on any atom is -0.211 e. The Morgan fingerprint density at radius 3 is 2.56 bits per heavy atom. The highest BCUT2D eigenvalue weighted by molar-refractivity contribution is 5.33. The Labute approximate surface area is 109 Å². The molecule has 1 aliphatic carbocycles. The highest BCUT2D eigenvalue weighted by Gasteiger charge is 2.27. The van der Waals surface area contributed by atoms with E-state index in [2.05, 4.69) is 16.9 Å². The molecule has 0 heterocycles. The average molecular weight is 250 g/mol. The van der Waals surface area contributed by atoms with Crippen LogP contribution in [0.1, 0.15) is 46.0 Å². The van der Waals surface area contributed by atoms with Gasteiger partial charge < -0.3 is 0 Å². The summed E-state index contributed by atoms with van der Waals surface area (Å²) in [7, 11) is 0. The zero-order chi connectivity index (χ0) is 13.4. The largest absolute Gasteiger partial charge is 0.235 e. The van der Waals surface area contributed by atoms with E-state index in [-0.39, 0.29) is 6.04 Å². The van der Waals surface area contributed by atoms with Crippen LogP contribution in [-0.4, -0.2) is 24.7 Å². The molecule has 0 aliphatic heterocycles. The normalized spacial score (nSPS) is 29.6. The lowest BCUT2D eigenvalue weighted by Crippen LogP contribution is -2.17. The topological polar surface area (TPSA) is 58.9 Å². The SMILES string of the molecule is CCC1CC(CN=C=O)CCC(C(C)N=C=O)C1. The molecule has 0 bridgehead atoms. The van der Waals surface area contributed by atoms with E-state index in [1.54, 1.807) is 12.2 Å². The number of rotatable bonds is 5. The van der Waals surface area contributed by atoms with Crippen LogP contribution in [0.5, 0.6) is 0 Å². The fourth-order valence-electron chi connectivity index (χ4n) is 2.97. The van der Waals surface area contributed by atoms with Gasteiger partial charge in [-0.2, -0.15) is 0 Å². The van der Waals surface area contributed by atoms with Crippen LogP contribution < -0.4 is 0 Å². The number of isocyanates is 2. The quantitative estimate of drug-likeness (QED) is 0.428. The van der Waals surface area contributed by atoms with Gasteiger partial charge in [0.25, 0.3) is 0 Å². The van der Waals surface area contributed by atoms with E-state index in [9.17, 15) is 9.59 Å². The Morgan fingerprint density at radius 2 is 1.94 bits per heavy atom. The third-order valence-electron chi connectivity index (χ3n) is 4.18. The third-order valence-corrected chi connectivity index (χ3v) is 4.18. The van der Waals surface area contributed by atoms with E-state index in [4.69, 9.17) is 0 Å². The summed E-state index contributed by atoms with van der Waals surface area (Å²) in [6, 6.07) is 0.0601. The maximum atomic E-state index is 10.4. The maximum absolute atomic E-state index is 10.4. The Kier molecular flexibility index (Phi) is 6.56. The number of hydrogen-bond donors (Lipinski definition) is 0. The molecule has 0 spiro atoms. The first-order valence-electron chi connectivity index (χ1n) is 6.81. The molecule has 4 atom stereocenters. The molecule has 100 valence electrons. The summed E-state index contributed by atoms with van der Waals surface area (Å²) in [5.74, 6) is 1.59. The number of nitrogens with zero attached hydrogens (tertiary/aromatic N) is 2. The van der Waals surface area contributed by atoms with Gasteiger partial charge in [-0.25, -0.2) is 19.6 Å². The first-order valence-corrected chi connectivity index (χ1v) is 6.81. The molecule has 4 unspecified atom stereocenters. The second-order valence-corrected chi connectivity index (χ2v) is 5.34. The molecular weight excluding hydrogens is 228 g/mol. The van der Waals surface area contributed by atoms with Gasteiger partial charge >= 0.3 is 0 Å². The van der Waals surface area contributed by atoms with Crippen LogP contribution in [0, 0.1) is 17.8 Å². The summed E-state index contributed by atoms with van der Waals surface area (Å²) < 4.78 is 0. The molecule has 0 N–H and O–H groups in total. The molecular formula is C14H22N2O2. The van der Waals surface area contributed by atoms with Crippen LogP contribution >= 0.6 is 0 Å². The fraction of sp³-hybridized carbons (Fsp3) is 0.857. The van der Waals surface area contributed by atoms with E-state index < -0.39 is 0 Å². The number of carbonyl (C=O) groups excluding carboxylic acids is 2. The van der Waals surface area contributed by atoms with Gasteiger partial charge in [-0.3, -0.25) is 0 Å². The van der Waals surface area contributed by atoms with Crippen LogP contribution in [0.15, 0.2) is 9.98 Å². The molecule has 1 fully saturated rings. The van der Waals surface area contributed by atoms with E-state index >= 15 is 0 Å². The van der Waals surface area contributed by atoms with E-state index in [0.717, 1.165) is 32.1 Å². The van der Waals surface area contributed by atoms with Crippen LogP contribution in [0.25, 0.3) is 0 Å². The number of aliphatic imine (C=N–C) groups is 2. The van der Waals surface area contributed by atoms with E-state index in [0.29, 0.717) is 24.3 Å². The summed E-state index contributed by atoms with van der Waals surface area (Å²) >= 11 is 0. The minimum absolute atomic E-state index is 0.0601. The molecule has 0 saturated heterocycles. The van der Waals surface area contributed by atoms with Crippen molar-refractivity contribution in [2.75, 3.05) is 6.54 Å². The van der Waals surface area contributed by atoms with Crippen molar-refractivity contribution in [3.05, 3.63) is 0 Å². The molecule has 0 radical (unpaired) electrons. The Hall–Kier alpha value is -1.24. The molecule has 0 amide bonds. The molecule has 0 aromatic heterocycles. The first kappa shape index (κ1) is 14.8. The molecule has 1 aliphatic rings. The van der Waals surface area contributed by atoms with Crippen molar-refractivity contribution in [1.29, 1.82) is 0 Å². The fourth-order valence-corrected chi connectivity index (χ4v) is 2.97. The van der Waals surface area contributed by atoms with E-state index in [1.807, 2.05) is 6.92 Å². The molecule has 1 saturated carbocycles. The Bertz CT molecular complexity index is 344. The molecule has 0 aromatic rings. The summed E-state index contributed by atoms with van der Waals surface area (Å²) in [5, 5.41) is 0. The predicted molar refractivity (Wildman–Crippen MR) is 69.8 cm³/mol.